The monoisotopic (exact) mass is 635 g/mol. The Morgan fingerprint density at radius 1 is 1.09 bits per heavy atom. The van der Waals surface area contributed by atoms with Crippen LogP contribution in [-0.4, -0.2) is 117 Å². The average Bonchev–Trinajstić information content (AvgIpc) is 3.68. The zero-order valence-electron chi connectivity index (χ0n) is 26.1. The van der Waals surface area contributed by atoms with Crippen LogP contribution >= 0.6 is 0 Å². The predicted molar refractivity (Wildman–Crippen MR) is 157 cm³/mol. The first-order chi connectivity index (χ1) is 21.4. The van der Waals surface area contributed by atoms with Gasteiger partial charge in [-0.1, -0.05) is 10.4 Å². The quantitative estimate of drug-likeness (QED) is 0.389. The number of hydrogen-bond donors (Lipinski definition) is 3. The highest BCUT2D eigenvalue weighted by molar-refractivity contribution is 5.88. The molecule has 3 aliphatic heterocycles. The lowest BCUT2D eigenvalue weighted by Crippen LogP contribution is -2.56. The molecule has 3 aliphatic rings. The van der Waals surface area contributed by atoms with E-state index in [1.165, 1.54) is 37.2 Å². The van der Waals surface area contributed by atoms with Crippen molar-refractivity contribution in [1.29, 1.82) is 0 Å². The van der Waals surface area contributed by atoms with Gasteiger partial charge in [-0.3, -0.25) is 0 Å². The summed E-state index contributed by atoms with van der Waals surface area (Å²) in [5.74, 6) is -0.177. The zero-order chi connectivity index (χ0) is 32.5. The Morgan fingerprint density at radius 2 is 1.78 bits per heavy atom. The van der Waals surface area contributed by atoms with Crippen LogP contribution in [0.2, 0.25) is 0 Å². The van der Waals surface area contributed by atoms with E-state index in [-0.39, 0.29) is 29.9 Å². The fourth-order valence-electron chi connectivity index (χ4n) is 6.09. The minimum absolute atomic E-state index is 0.000534. The third-order valence-corrected chi connectivity index (χ3v) is 8.43. The number of methoxy groups -OCH3 is 2. The molecule has 248 valence electrons. The summed E-state index contributed by atoms with van der Waals surface area (Å²) in [5.41, 5.74) is 0.881. The summed E-state index contributed by atoms with van der Waals surface area (Å²) in [6, 6.07) is 1.57. The molecule has 14 nitrogen and oxygen atoms in total. The van der Waals surface area contributed by atoms with E-state index in [0.717, 1.165) is 18.6 Å². The maximum absolute atomic E-state index is 14.5. The molecule has 1 aromatic carbocycles. The average molecular weight is 636 g/mol. The second-order valence-corrected chi connectivity index (χ2v) is 12.6. The molecule has 6 atom stereocenters. The summed E-state index contributed by atoms with van der Waals surface area (Å²) >= 11 is 0. The lowest BCUT2D eigenvalue weighted by molar-refractivity contribution is -0.212. The fourth-order valence-corrected chi connectivity index (χ4v) is 6.09. The number of aliphatic hydroxyl groups is 3. The Kier molecular flexibility index (Phi) is 9.82. The van der Waals surface area contributed by atoms with Gasteiger partial charge in [0.1, 0.15) is 47.5 Å². The molecule has 1 amide bonds. The van der Waals surface area contributed by atoms with Crippen LogP contribution in [0, 0.1) is 11.7 Å². The number of nitrogens with zero attached hydrogens (tertiary/aromatic N) is 5. The van der Waals surface area contributed by atoms with Gasteiger partial charge in [0.05, 0.1) is 38.8 Å². The van der Waals surface area contributed by atoms with Gasteiger partial charge in [0.25, 0.3) is 0 Å². The van der Waals surface area contributed by atoms with Crippen molar-refractivity contribution in [3.63, 3.8) is 0 Å². The second-order valence-electron chi connectivity index (χ2n) is 12.6. The van der Waals surface area contributed by atoms with Crippen LogP contribution in [0.25, 0.3) is 11.3 Å². The highest BCUT2D eigenvalue weighted by Crippen LogP contribution is 2.37. The molecular formula is C30H42FN5O9. The van der Waals surface area contributed by atoms with E-state index in [9.17, 15) is 24.5 Å². The van der Waals surface area contributed by atoms with Crippen molar-refractivity contribution in [2.24, 2.45) is 11.1 Å². The maximum atomic E-state index is 14.5. The van der Waals surface area contributed by atoms with E-state index in [2.05, 4.69) is 15.5 Å². The topological polar surface area (TPSA) is 170 Å². The molecule has 0 aliphatic carbocycles. The molecule has 5 rings (SSSR count). The van der Waals surface area contributed by atoms with Crippen molar-refractivity contribution in [3.8, 4) is 22.8 Å². The molecule has 45 heavy (non-hydrogen) atoms. The Morgan fingerprint density at radius 3 is 2.42 bits per heavy atom. The predicted octanol–water partition coefficient (Wildman–Crippen LogP) is 2.31. The van der Waals surface area contributed by atoms with Crippen LogP contribution in [0.1, 0.15) is 52.5 Å². The highest BCUT2D eigenvalue weighted by Gasteiger charge is 2.47. The van der Waals surface area contributed by atoms with E-state index in [1.54, 1.807) is 4.90 Å². The smallest absolute Gasteiger partial charge is 0.410 e. The number of aliphatic hydroxyl groups excluding tert-OH is 3. The van der Waals surface area contributed by atoms with Gasteiger partial charge < -0.3 is 44.0 Å². The first-order valence-electron chi connectivity index (χ1n) is 15.1. The van der Waals surface area contributed by atoms with E-state index < -0.39 is 54.6 Å². The number of benzene rings is 1. The van der Waals surface area contributed by atoms with Gasteiger partial charge in [-0.2, -0.15) is 0 Å². The van der Waals surface area contributed by atoms with Crippen LogP contribution in [0.3, 0.4) is 0 Å². The van der Waals surface area contributed by atoms with Gasteiger partial charge in [0, 0.05) is 43.5 Å². The normalized spacial score (nSPS) is 27.6. The van der Waals surface area contributed by atoms with Crippen LogP contribution in [-0.2, 0) is 14.3 Å². The minimum atomic E-state index is -1.32. The Hall–Kier alpha value is -3.53. The molecule has 1 unspecified atom stereocenters. The molecular weight excluding hydrogens is 593 g/mol. The van der Waals surface area contributed by atoms with Gasteiger partial charge in [-0.25, -0.2) is 13.9 Å². The molecule has 0 bridgehead atoms. The van der Waals surface area contributed by atoms with Crippen molar-refractivity contribution in [1.82, 2.24) is 19.9 Å². The molecule has 15 heteroatoms. The first kappa shape index (κ1) is 32.9. The van der Waals surface area contributed by atoms with E-state index in [0.29, 0.717) is 30.8 Å². The van der Waals surface area contributed by atoms with E-state index in [1.807, 2.05) is 20.8 Å². The molecule has 2 aromatic rings. The molecule has 3 N–H and O–H groups in total. The molecule has 4 heterocycles. The van der Waals surface area contributed by atoms with Gasteiger partial charge >= 0.3 is 6.09 Å². The number of aromatic nitrogens is 3. The molecule has 2 fully saturated rings. The Balaban J connectivity index is 1.23. The largest absolute Gasteiger partial charge is 0.496 e. The molecule has 2 saturated heterocycles. The van der Waals surface area contributed by atoms with E-state index >= 15 is 0 Å². The SMILES string of the molecule is COc1cc(OC)c(-c2cn([C@H]3[C@@H](O)[C@@H](CO)O[C@H](CC4CC(C5CCN(C(=O)OC(C)(C)C)CC5)=NO4)[C@@H]3O)nn2)cc1F. The third kappa shape index (κ3) is 7.16. The number of halogens is 1. The van der Waals surface area contributed by atoms with Gasteiger partial charge in [0.2, 0.25) is 0 Å². The summed E-state index contributed by atoms with van der Waals surface area (Å²) in [5, 5.41) is 45.0. The number of ether oxygens (including phenoxy) is 4. The number of oxime groups is 1. The maximum Gasteiger partial charge on any atom is 0.410 e. The lowest BCUT2D eigenvalue weighted by Gasteiger charge is -2.42. The second kappa shape index (κ2) is 13.4. The molecule has 0 radical (unpaired) electrons. The van der Waals surface area contributed by atoms with Crippen LogP contribution in [0.4, 0.5) is 9.18 Å². The number of carbonyl (C=O) groups is 1. The van der Waals surface area contributed by atoms with Crippen LogP contribution in [0.5, 0.6) is 11.5 Å². The zero-order valence-corrected chi connectivity index (χ0v) is 26.1. The summed E-state index contributed by atoms with van der Waals surface area (Å²) in [7, 11) is 2.77. The van der Waals surface area contributed by atoms with Crippen molar-refractivity contribution < 1.29 is 48.3 Å². The summed E-state index contributed by atoms with van der Waals surface area (Å²) in [4.78, 5) is 19.9. The van der Waals surface area contributed by atoms with Gasteiger partial charge in [0.15, 0.2) is 11.6 Å². The summed E-state index contributed by atoms with van der Waals surface area (Å²) in [6.07, 6.45) is -1.44. The minimum Gasteiger partial charge on any atom is -0.496 e. The van der Waals surface area contributed by atoms with Crippen molar-refractivity contribution >= 4 is 11.8 Å². The highest BCUT2D eigenvalue weighted by atomic mass is 19.1. The summed E-state index contributed by atoms with van der Waals surface area (Å²) in [6.45, 7) is 6.13. The van der Waals surface area contributed by atoms with Crippen molar-refractivity contribution in [3.05, 3.63) is 24.1 Å². The Bertz CT molecular complexity index is 1370. The van der Waals surface area contributed by atoms with E-state index in [4.69, 9.17) is 23.8 Å². The third-order valence-electron chi connectivity index (χ3n) is 8.43. The molecule has 0 spiro atoms. The number of hydrogen-bond acceptors (Lipinski definition) is 12. The first-order valence-corrected chi connectivity index (χ1v) is 15.1. The number of carbonyl (C=O) groups excluding carboxylic acids is 1. The standard InChI is InChI=1S/C30H42FN5O9/c1-30(2,3)44-29(40)35-8-6-16(7-9-35)20-10-17(45-33-20)11-24-27(38)26(28(39)25(15-37)43-24)36-14-21(32-34-36)18-12-19(31)23(42-5)13-22(18)41-4/h12-14,16-17,24-28,37-39H,6-11,15H2,1-5H3/t17?,24-,25-,26-,27+,28+/m1/s1. The van der Waals surface area contributed by atoms with Crippen LogP contribution < -0.4 is 9.47 Å². The van der Waals surface area contributed by atoms with Crippen LogP contribution in [0.15, 0.2) is 23.5 Å². The number of rotatable bonds is 8. The lowest BCUT2D eigenvalue weighted by atomic mass is 9.86. The fraction of sp³-hybridized carbons (Fsp3) is 0.667. The van der Waals surface area contributed by atoms with Crippen molar-refractivity contribution in [2.45, 2.75) is 88.6 Å². The number of likely N-dealkylation sites (tertiary alicyclic amines) is 1. The Labute approximate surface area is 260 Å². The van der Waals surface area contributed by atoms with Gasteiger partial charge in [-0.15, -0.1) is 5.10 Å². The van der Waals surface area contributed by atoms with Crippen molar-refractivity contribution in [2.75, 3.05) is 33.9 Å². The summed E-state index contributed by atoms with van der Waals surface area (Å²) < 4.78 is 37.6. The number of piperidine rings is 1. The number of amides is 1. The molecule has 1 aromatic heterocycles. The molecule has 0 saturated carbocycles. The van der Waals surface area contributed by atoms with Gasteiger partial charge in [-0.05, 0) is 39.7 Å².